The summed E-state index contributed by atoms with van der Waals surface area (Å²) in [5.74, 6) is 0.0468. The van der Waals surface area contributed by atoms with Crippen LogP contribution in [0.25, 0.3) is 0 Å². The van der Waals surface area contributed by atoms with Crippen LogP contribution in [0.4, 0.5) is 5.69 Å². The number of para-hydroxylation sites is 1. The first-order valence-corrected chi connectivity index (χ1v) is 7.16. The smallest absolute Gasteiger partial charge is 0.178 e. The van der Waals surface area contributed by atoms with Gasteiger partial charge in [0, 0.05) is 23.8 Å². The quantitative estimate of drug-likeness (QED) is 0.768. The van der Waals surface area contributed by atoms with E-state index in [0.29, 0.717) is 0 Å². The highest BCUT2D eigenvalue weighted by molar-refractivity contribution is 6.01. The second kappa shape index (κ2) is 5.98. The van der Waals surface area contributed by atoms with E-state index in [1.165, 1.54) is 16.9 Å². The summed E-state index contributed by atoms with van der Waals surface area (Å²) in [6, 6.07) is 8.52. The zero-order valence-electron chi connectivity index (χ0n) is 13.0. The summed E-state index contributed by atoms with van der Waals surface area (Å²) in [6.45, 7) is 4.49. The lowest BCUT2D eigenvalue weighted by molar-refractivity contribution is -0.110. The zero-order chi connectivity index (χ0) is 15.0. The maximum Gasteiger partial charge on any atom is 0.178 e. The second-order valence-electron chi connectivity index (χ2n) is 5.99. The summed E-state index contributed by atoms with van der Waals surface area (Å²) < 4.78 is 0. The van der Waals surface area contributed by atoms with Crippen LogP contribution >= 0.6 is 12.4 Å². The van der Waals surface area contributed by atoms with Gasteiger partial charge in [0.15, 0.2) is 5.78 Å². The van der Waals surface area contributed by atoms with Gasteiger partial charge in [-0.3, -0.25) is 4.79 Å². The molecule has 1 aromatic rings. The molecule has 1 heterocycles. The van der Waals surface area contributed by atoms with Crippen molar-refractivity contribution in [3.63, 3.8) is 0 Å². The van der Waals surface area contributed by atoms with Gasteiger partial charge in [0.1, 0.15) is 0 Å². The molecule has 0 saturated carbocycles. The maximum absolute atomic E-state index is 11.1. The Hall–Kier alpha value is -2.06. The Bertz CT molecular complexity index is 705. The van der Waals surface area contributed by atoms with Crippen molar-refractivity contribution in [3.05, 3.63) is 77.6 Å². The molecule has 3 rings (SSSR count). The molecule has 0 unspecified atom stereocenters. The van der Waals surface area contributed by atoms with Crippen LogP contribution in [0.15, 0.2) is 72.0 Å². The lowest BCUT2D eigenvalue weighted by Gasteiger charge is -2.23. The fourth-order valence-electron chi connectivity index (χ4n) is 3.06. The van der Waals surface area contributed by atoms with Crippen molar-refractivity contribution in [2.24, 2.45) is 0 Å². The third kappa shape index (κ3) is 2.67. The van der Waals surface area contributed by atoms with Gasteiger partial charge in [-0.05, 0) is 35.4 Å². The van der Waals surface area contributed by atoms with Crippen LogP contribution in [0.2, 0.25) is 0 Å². The number of hydrogen-bond donors (Lipinski definition) is 0. The zero-order valence-corrected chi connectivity index (χ0v) is 13.9. The van der Waals surface area contributed by atoms with Gasteiger partial charge >= 0.3 is 0 Å². The number of halogens is 1. The highest BCUT2D eigenvalue weighted by Gasteiger charge is 2.37. The minimum atomic E-state index is -0.0136. The maximum atomic E-state index is 11.1. The first-order chi connectivity index (χ1) is 10.00. The number of nitrogens with zero attached hydrogens (tertiary/aromatic N) is 1. The van der Waals surface area contributed by atoms with E-state index in [9.17, 15) is 4.79 Å². The standard InChI is InChI=1S/C19H19NO.ClH/c1-19(2)16-6-4-5-7-17(16)20(3)18(19)13-10-14-8-11-15(21)12-9-14;/h4-13H,1-3H3;1H/b18-13-;. The number of fused-ring (bicyclic) bond motifs is 1. The molecule has 0 N–H and O–H groups in total. The number of likely N-dealkylation sites (N-methyl/N-ethyl adjacent to an activating group) is 1. The largest absolute Gasteiger partial charge is 0.347 e. The van der Waals surface area contributed by atoms with Crippen molar-refractivity contribution in [1.82, 2.24) is 0 Å². The van der Waals surface area contributed by atoms with Crippen molar-refractivity contribution in [1.29, 1.82) is 0 Å². The second-order valence-corrected chi connectivity index (χ2v) is 5.99. The van der Waals surface area contributed by atoms with E-state index in [0.717, 1.165) is 5.57 Å². The van der Waals surface area contributed by atoms with E-state index in [1.807, 2.05) is 12.2 Å². The minimum absolute atomic E-state index is 0. The van der Waals surface area contributed by atoms with E-state index in [-0.39, 0.29) is 23.6 Å². The molecular weight excluding hydrogens is 294 g/mol. The Morgan fingerprint density at radius 1 is 1.00 bits per heavy atom. The molecule has 2 nitrogen and oxygen atoms in total. The average molecular weight is 314 g/mol. The van der Waals surface area contributed by atoms with Crippen LogP contribution in [-0.2, 0) is 10.2 Å². The van der Waals surface area contributed by atoms with Crippen molar-refractivity contribution >= 4 is 23.9 Å². The molecular formula is C19H20ClNO. The Labute approximate surface area is 137 Å². The van der Waals surface area contributed by atoms with Crippen LogP contribution in [0.1, 0.15) is 19.4 Å². The predicted octanol–water partition coefficient (Wildman–Crippen LogP) is 4.34. The Balaban J connectivity index is 0.00000176. The van der Waals surface area contributed by atoms with Crippen molar-refractivity contribution in [2.75, 3.05) is 11.9 Å². The molecule has 0 bridgehead atoms. The first kappa shape index (κ1) is 16.3. The Kier molecular flexibility index (Phi) is 4.43. The van der Waals surface area contributed by atoms with Crippen molar-refractivity contribution < 1.29 is 4.79 Å². The fraction of sp³-hybridized carbons (Fsp3) is 0.211. The van der Waals surface area contributed by atoms with Gasteiger partial charge in [-0.2, -0.15) is 0 Å². The number of ketones is 1. The molecule has 114 valence electrons. The van der Waals surface area contributed by atoms with E-state index >= 15 is 0 Å². The molecule has 1 aliphatic carbocycles. The number of benzene rings is 1. The fourth-order valence-corrected chi connectivity index (χ4v) is 3.06. The van der Waals surface area contributed by atoms with Gasteiger partial charge in [0.2, 0.25) is 0 Å². The van der Waals surface area contributed by atoms with E-state index < -0.39 is 0 Å². The topological polar surface area (TPSA) is 20.3 Å². The third-order valence-corrected chi connectivity index (χ3v) is 4.25. The van der Waals surface area contributed by atoms with Gasteiger partial charge in [-0.25, -0.2) is 0 Å². The predicted molar refractivity (Wildman–Crippen MR) is 94.6 cm³/mol. The molecule has 2 aliphatic rings. The monoisotopic (exact) mass is 313 g/mol. The summed E-state index contributed by atoms with van der Waals surface area (Å²) in [5.41, 5.74) is 4.90. The van der Waals surface area contributed by atoms with Gasteiger partial charge in [0.25, 0.3) is 0 Å². The Morgan fingerprint density at radius 2 is 1.64 bits per heavy atom. The molecule has 0 atom stereocenters. The highest BCUT2D eigenvalue weighted by Crippen LogP contribution is 2.46. The van der Waals surface area contributed by atoms with Crippen LogP contribution < -0.4 is 4.90 Å². The summed E-state index contributed by atoms with van der Waals surface area (Å²) in [7, 11) is 2.11. The van der Waals surface area contributed by atoms with Crippen molar-refractivity contribution in [2.45, 2.75) is 19.3 Å². The number of hydrogen-bond acceptors (Lipinski definition) is 2. The molecule has 22 heavy (non-hydrogen) atoms. The average Bonchev–Trinajstić information content (AvgIpc) is 2.67. The van der Waals surface area contributed by atoms with E-state index in [2.05, 4.69) is 62.2 Å². The van der Waals surface area contributed by atoms with Crippen molar-refractivity contribution in [3.8, 4) is 0 Å². The van der Waals surface area contributed by atoms with Gasteiger partial charge in [-0.15, -0.1) is 12.4 Å². The molecule has 0 saturated heterocycles. The normalized spacial score (nSPS) is 20.1. The first-order valence-electron chi connectivity index (χ1n) is 7.16. The summed E-state index contributed by atoms with van der Waals surface area (Å²) in [5, 5.41) is 0. The van der Waals surface area contributed by atoms with E-state index in [4.69, 9.17) is 0 Å². The van der Waals surface area contributed by atoms with Crippen LogP contribution in [0.5, 0.6) is 0 Å². The molecule has 0 aromatic heterocycles. The molecule has 0 amide bonds. The molecule has 1 aromatic carbocycles. The number of carbonyl (C=O) groups is 1. The summed E-state index contributed by atoms with van der Waals surface area (Å²) >= 11 is 0. The minimum Gasteiger partial charge on any atom is -0.347 e. The molecule has 3 heteroatoms. The summed E-state index contributed by atoms with van der Waals surface area (Å²) in [4.78, 5) is 13.4. The third-order valence-electron chi connectivity index (χ3n) is 4.25. The summed E-state index contributed by atoms with van der Waals surface area (Å²) in [6.07, 6.45) is 11.1. The molecule has 0 radical (unpaired) electrons. The molecule has 0 fully saturated rings. The lowest BCUT2D eigenvalue weighted by atomic mass is 9.83. The number of anilines is 1. The lowest BCUT2D eigenvalue weighted by Crippen LogP contribution is -2.22. The highest BCUT2D eigenvalue weighted by atomic mass is 35.5. The van der Waals surface area contributed by atoms with Gasteiger partial charge in [-0.1, -0.05) is 50.3 Å². The Morgan fingerprint density at radius 3 is 2.27 bits per heavy atom. The van der Waals surface area contributed by atoms with Gasteiger partial charge < -0.3 is 4.90 Å². The number of rotatable bonds is 1. The number of allylic oxidation sites excluding steroid dienone is 8. The number of carbonyl (C=O) groups excluding carboxylic acids is 1. The van der Waals surface area contributed by atoms with Crippen LogP contribution in [-0.4, -0.2) is 12.8 Å². The van der Waals surface area contributed by atoms with Gasteiger partial charge in [0.05, 0.1) is 0 Å². The van der Waals surface area contributed by atoms with Crippen LogP contribution in [0, 0.1) is 0 Å². The van der Waals surface area contributed by atoms with Crippen LogP contribution in [0.3, 0.4) is 0 Å². The molecule has 0 spiro atoms. The molecule has 1 aliphatic heterocycles. The van der Waals surface area contributed by atoms with E-state index in [1.54, 1.807) is 12.2 Å². The SMILES string of the molecule is CN1/C(=C\C=C2C=CC(=O)C=C2)C(C)(C)c2ccccc21.Cl.